The van der Waals surface area contributed by atoms with Gasteiger partial charge in [0.05, 0.1) is 17.8 Å². The van der Waals surface area contributed by atoms with E-state index in [0.717, 1.165) is 11.5 Å². The topological polar surface area (TPSA) is 135 Å². The zero-order chi connectivity index (χ0) is 20.6. The molecule has 2 aromatic rings. The van der Waals surface area contributed by atoms with Gasteiger partial charge in [0.1, 0.15) is 12.2 Å². The number of carbonyl (C=O) groups is 2. The molecule has 0 radical (unpaired) electrons. The molecule has 3 N–H and O–H groups in total. The molecule has 3 rings (SSSR count). The molecule has 1 fully saturated rings. The van der Waals surface area contributed by atoms with Crippen LogP contribution in [0.25, 0.3) is 0 Å². The summed E-state index contributed by atoms with van der Waals surface area (Å²) in [6, 6.07) is -0.424. The first-order valence-electron chi connectivity index (χ1n) is 9.86. The van der Waals surface area contributed by atoms with E-state index in [-0.39, 0.29) is 24.2 Å². The number of nitrogens with one attached hydrogen (secondary N) is 2. The standard InChI is InChI=1S/C19H27N7O3/c1-26-17(23-12-24-26)6-7-22-19(29)13-2-4-16(27)15(10-13)25-18(28)5-3-14-11-20-8-9-21-14/h8-9,11-13,15-16,27H,2-7,10H2,1H3,(H,22,29)(H,25,28)/t13-,15+,16+/m0/s1. The number of aryl methyl sites for hydroxylation is 2. The molecule has 0 unspecified atom stereocenters. The van der Waals surface area contributed by atoms with Crippen molar-refractivity contribution < 1.29 is 14.7 Å². The summed E-state index contributed by atoms with van der Waals surface area (Å²) in [6.45, 7) is 0.472. The van der Waals surface area contributed by atoms with Gasteiger partial charge in [-0.15, -0.1) is 0 Å². The molecule has 2 aromatic heterocycles. The Bertz CT molecular complexity index is 811. The van der Waals surface area contributed by atoms with Crippen LogP contribution in [0.15, 0.2) is 24.9 Å². The minimum absolute atomic E-state index is 0.0575. The first-order chi connectivity index (χ1) is 14.0. The second kappa shape index (κ2) is 10.1. The summed E-state index contributed by atoms with van der Waals surface area (Å²) < 4.78 is 1.68. The predicted octanol–water partition coefficient (Wildman–Crippen LogP) is -0.458. The fourth-order valence-corrected chi connectivity index (χ4v) is 3.52. The number of nitrogens with zero attached hydrogens (tertiary/aromatic N) is 5. The first kappa shape index (κ1) is 20.8. The van der Waals surface area contributed by atoms with Crippen molar-refractivity contribution in [2.45, 2.75) is 50.7 Å². The lowest BCUT2D eigenvalue weighted by Gasteiger charge is -2.33. The van der Waals surface area contributed by atoms with Crippen molar-refractivity contribution in [3.8, 4) is 0 Å². The van der Waals surface area contributed by atoms with Crippen LogP contribution in [0.2, 0.25) is 0 Å². The molecule has 2 heterocycles. The van der Waals surface area contributed by atoms with Crippen molar-refractivity contribution in [2.75, 3.05) is 6.54 Å². The molecule has 0 spiro atoms. The van der Waals surface area contributed by atoms with Gasteiger partial charge in [0.25, 0.3) is 0 Å². The van der Waals surface area contributed by atoms with Gasteiger partial charge in [-0.2, -0.15) is 5.10 Å². The molecule has 156 valence electrons. The largest absolute Gasteiger partial charge is 0.391 e. The predicted molar refractivity (Wildman–Crippen MR) is 103 cm³/mol. The highest BCUT2D eigenvalue weighted by Crippen LogP contribution is 2.25. The van der Waals surface area contributed by atoms with Crippen molar-refractivity contribution in [1.29, 1.82) is 0 Å². The fraction of sp³-hybridized carbons (Fsp3) is 0.579. The summed E-state index contributed by atoms with van der Waals surface area (Å²) in [5.41, 5.74) is 0.743. The summed E-state index contributed by atoms with van der Waals surface area (Å²) in [4.78, 5) is 37.0. The van der Waals surface area contributed by atoms with Crippen LogP contribution in [0.1, 0.15) is 37.2 Å². The minimum atomic E-state index is -0.641. The zero-order valence-corrected chi connectivity index (χ0v) is 16.5. The van der Waals surface area contributed by atoms with Gasteiger partial charge in [0.2, 0.25) is 11.8 Å². The second-order valence-corrected chi connectivity index (χ2v) is 7.29. The summed E-state index contributed by atoms with van der Waals surface area (Å²) in [6.07, 6.45) is 8.49. The Labute approximate surface area is 169 Å². The molecule has 10 heteroatoms. The summed E-state index contributed by atoms with van der Waals surface area (Å²) in [5, 5.41) is 20.0. The molecule has 1 aliphatic carbocycles. The van der Waals surface area contributed by atoms with E-state index in [2.05, 4.69) is 30.7 Å². The quantitative estimate of drug-likeness (QED) is 0.545. The molecule has 2 amide bonds. The van der Waals surface area contributed by atoms with E-state index < -0.39 is 12.1 Å². The van der Waals surface area contributed by atoms with Crippen molar-refractivity contribution in [2.24, 2.45) is 13.0 Å². The Morgan fingerprint density at radius 3 is 2.83 bits per heavy atom. The monoisotopic (exact) mass is 401 g/mol. The van der Waals surface area contributed by atoms with Gasteiger partial charge in [-0.05, 0) is 25.7 Å². The SMILES string of the molecule is Cn1ncnc1CCNC(=O)[C@H]1CC[C@@H](O)[C@H](NC(=O)CCc2cnccn2)C1. The van der Waals surface area contributed by atoms with Gasteiger partial charge in [-0.25, -0.2) is 4.98 Å². The Morgan fingerprint density at radius 1 is 1.24 bits per heavy atom. The van der Waals surface area contributed by atoms with E-state index in [1.165, 1.54) is 6.33 Å². The smallest absolute Gasteiger partial charge is 0.223 e. The average Bonchev–Trinajstić information content (AvgIpc) is 3.13. The molecule has 29 heavy (non-hydrogen) atoms. The number of aromatic nitrogens is 5. The fourth-order valence-electron chi connectivity index (χ4n) is 3.52. The van der Waals surface area contributed by atoms with Crippen molar-refractivity contribution in [3.05, 3.63) is 36.4 Å². The highest BCUT2D eigenvalue weighted by Gasteiger charge is 2.33. The van der Waals surface area contributed by atoms with E-state index in [0.29, 0.717) is 38.6 Å². The molecule has 0 saturated heterocycles. The lowest BCUT2D eigenvalue weighted by molar-refractivity contribution is -0.129. The van der Waals surface area contributed by atoms with Crippen molar-refractivity contribution in [3.63, 3.8) is 0 Å². The number of hydrogen-bond donors (Lipinski definition) is 3. The number of carbonyl (C=O) groups excluding carboxylic acids is 2. The molecule has 1 saturated carbocycles. The van der Waals surface area contributed by atoms with Crippen LogP contribution >= 0.6 is 0 Å². The molecular formula is C19H27N7O3. The highest BCUT2D eigenvalue weighted by molar-refractivity contribution is 5.79. The van der Waals surface area contributed by atoms with E-state index >= 15 is 0 Å². The summed E-state index contributed by atoms with van der Waals surface area (Å²) >= 11 is 0. The summed E-state index contributed by atoms with van der Waals surface area (Å²) in [5.74, 6) is 0.349. The Hall–Kier alpha value is -2.88. The van der Waals surface area contributed by atoms with Crippen LogP contribution < -0.4 is 10.6 Å². The normalized spacial score (nSPS) is 21.5. The van der Waals surface area contributed by atoms with Crippen LogP contribution in [0.5, 0.6) is 0 Å². The van der Waals surface area contributed by atoms with E-state index in [1.807, 2.05) is 7.05 Å². The zero-order valence-electron chi connectivity index (χ0n) is 16.5. The number of aliphatic hydroxyl groups is 1. The number of hydrogen-bond acceptors (Lipinski definition) is 7. The average molecular weight is 401 g/mol. The molecule has 0 aliphatic heterocycles. The molecular weight excluding hydrogens is 374 g/mol. The van der Waals surface area contributed by atoms with Gasteiger partial charge in [-0.1, -0.05) is 0 Å². The van der Waals surface area contributed by atoms with Crippen LogP contribution in [0.4, 0.5) is 0 Å². The maximum atomic E-state index is 12.5. The maximum absolute atomic E-state index is 12.5. The molecule has 3 atom stereocenters. The van der Waals surface area contributed by atoms with Crippen molar-refractivity contribution in [1.82, 2.24) is 35.4 Å². The third kappa shape index (κ3) is 6.05. The number of amides is 2. The second-order valence-electron chi connectivity index (χ2n) is 7.29. The van der Waals surface area contributed by atoms with E-state index in [9.17, 15) is 14.7 Å². The van der Waals surface area contributed by atoms with Gasteiger partial charge >= 0.3 is 0 Å². The minimum Gasteiger partial charge on any atom is -0.391 e. The van der Waals surface area contributed by atoms with Gasteiger partial charge in [0, 0.05) is 50.9 Å². The molecule has 10 nitrogen and oxygen atoms in total. The third-order valence-electron chi connectivity index (χ3n) is 5.21. The van der Waals surface area contributed by atoms with Gasteiger partial charge in [0.15, 0.2) is 0 Å². The Kier molecular flexibility index (Phi) is 7.23. The van der Waals surface area contributed by atoms with E-state index in [4.69, 9.17) is 0 Å². The lowest BCUT2D eigenvalue weighted by atomic mass is 9.83. The number of aliphatic hydroxyl groups excluding tert-OH is 1. The van der Waals surface area contributed by atoms with Crippen LogP contribution in [0.3, 0.4) is 0 Å². The molecule has 1 aliphatic rings. The van der Waals surface area contributed by atoms with Crippen LogP contribution in [-0.2, 0) is 29.5 Å². The van der Waals surface area contributed by atoms with Gasteiger partial charge in [-0.3, -0.25) is 24.2 Å². The molecule has 0 bridgehead atoms. The van der Waals surface area contributed by atoms with E-state index in [1.54, 1.807) is 23.3 Å². The lowest BCUT2D eigenvalue weighted by Crippen LogP contribution is -2.49. The van der Waals surface area contributed by atoms with Gasteiger partial charge < -0.3 is 15.7 Å². The molecule has 0 aromatic carbocycles. The van der Waals surface area contributed by atoms with Crippen molar-refractivity contribution >= 4 is 11.8 Å². The first-order valence-corrected chi connectivity index (χ1v) is 9.86. The van der Waals surface area contributed by atoms with Crippen LogP contribution in [-0.4, -0.2) is 60.3 Å². The third-order valence-corrected chi connectivity index (χ3v) is 5.21. The highest BCUT2D eigenvalue weighted by atomic mass is 16.3. The number of rotatable bonds is 8. The van der Waals surface area contributed by atoms with Crippen LogP contribution in [0, 0.1) is 5.92 Å². The Balaban J connectivity index is 1.43. The maximum Gasteiger partial charge on any atom is 0.223 e. The Morgan fingerprint density at radius 2 is 2.10 bits per heavy atom. The summed E-state index contributed by atoms with van der Waals surface area (Å²) in [7, 11) is 1.81.